The van der Waals surface area contributed by atoms with Crippen molar-refractivity contribution in [3.63, 3.8) is 0 Å². The molecule has 2 amide bonds. The van der Waals surface area contributed by atoms with Gasteiger partial charge < -0.3 is 15.2 Å². The fraction of sp³-hybridized carbons (Fsp3) is 0.333. The van der Waals surface area contributed by atoms with Crippen molar-refractivity contribution in [1.29, 1.82) is 0 Å². The van der Waals surface area contributed by atoms with Gasteiger partial charge in [0.1, 0.15) is 6.10 Å². The summed E-state index contributed by atoms with van der Waals surface area (Å²) in [5.41, 5.74) is 6.98. The number of rotatable bonds is 4. The Balaban J connectivity index is 1.98. The number of carbonyl (C=O) groups is 2. The highest BCUT2D eigenvalue weighted by molar-refractivity contribution is 5.81. The Kier molecular flexibility index (Phi) is 3.86. The van der Waals surface area contributed by atoms with E-state index in [1.165, 1.54) is 0 Å². The second kappa shape index (κ2) is 5.57. The van der Waals surface area contributed by atoms with Crippen molar-refractivity contribution in [2.24, 2.45) is 5.73 Å². The van der Waals surface area contributed by atoms with Crippen LogP contribution in [-0.2, 0) is 14.4 Å². The van der Waals surface area contributed by atoms with Crippen molar-refractivity contribution < 1.29 is 23.9 Å². The van der Waals surface area contributed by atoms with E-state index in [-0.39, 0.29) is 0 Å². The highest BCUT2D eigenvalue weighted by atomic mass is 16.7. The Morgan fingerprint density at radius 2 is 1.95 bits per heavy atom. The number of ether oxygens (including phenoxy) is 2. The monoisotopic (exact) mass is 266 g/mol. The van der Waals surface area contributed by atoms with Gasteiger partial charge in [-0.2, -0.15) is 0 Å². The maximum atomic E-state index is 11.8. The predicted octanol–water partition coefficient (Wildman–Crippen LogP) is -0.252. The zero-order chi connectivity index (χ0) is 13.8. The topological polar surface area (TPSA) is 99.9 Å². The highest BCUT2D eigenvalue weighted by Gasteiger charge is 2.34. The minimum Gasteiger partial charge on any atom is -0.482 e. The number of para-hydroxylation sites is 2. The first kappa shape index (κ1) is 13.2. The van der Waals surface area contributed by atoms with Gasteiger partial charge in [0.25, 0.3) is 5.91 Å². The molecule has 0 saturated heterocycles. The normalized spacial score (nSPS) is 20.7. The summed E-state index contributed by atoms with van der Waals surface area (Å²) in [7, 11) is 0. The van der Waals surface area contributed by atoms with Crippen LogP contribution in [0.3, 0.4) is 0 Å². The number of hydrogen-bond donors (Lipinski definition) is 2. The molecule has 0 saturated carbocycles. The molecule has 7 nitrogen and oxygen atoms in total. The maximum Gasteiger partial charge on any atom is 0.288 e. The van der Waals surface area contributed by atoms with Crippen LogP contribution in [0.5, 0.6) is 11.5 Å². The van der Waals surface area contributed by atoms with Crippen LogP contribution in [0.1, 0.15) is 6.92 Å². The van der Waals surface area contributed by atoms with Crippen LogP contribution in [0.25, 0.3) is 0 Å². The van der Waals surface area contributed by atoms with Gasteiger partial charge in [-0.05, 0) is 19.1 Å². The van der Waals surface area contributed by atoms with E-state index in [2.05, 4.69) is 10.3 Å². The lowest BCUT2D eigenvalue weighted by molar-refractivity contribution is -0.148. The van der Waals surface area contributed by atoms with Crippen molar-refractivity contribution in [3.8, 4) is 11.5 Å². The van der Waals surface area contributed by atoms with Crippen molar-refractivity contribution in [2.45, 2.75) is 19.1 Å². The largest absolute Gasteiger partial charge is 0.482 e. The molecule has 3 N–H and O–H groups in total. The SMILES string of the molecule is CC1Oc2ccccc2OC1C(=O)NOCC(N)=O. The summed E-state index contributed by atoms with van der Waals surface area (Å²) in [6.07, 6.45) is -1.34. The predicted molar refractivity (Wildman–Crippen MR) is 64.2 cm³/mol. The summed E-state index contributed by atoms with van der Waals surface area (Å²) in [5, 5.41) is 0. The van der Waals surface area contributed by atoms with Gasteiger partial charge in [-0.3, -0.25) is 14.4 Å². The summed E-state index contributed by atoms with van der Waals surface area (Å²) in [5.74, 6) is -0.157. The molecule has 19 heavy (non-hydrogen) atoms. The molecule has 2 unspecified atom stereocenters. The molecule has 1 aliphatic rings. The maximum absolute atomic E-state index is 11.8. The molecule has 0 radical (unpaired) electrons. The number of benzene rings is 1. The fourth-order valence-corrected chi connectivity index (χ4v) is 1.64. The number of fused-ring (bicyclic) bond motifs is 1. The lowest BCUT2D eigenvalue weighted by atomic mass is 10.1. The molecule has 0 bridgehead atoms. The molecule has 0 aromatic heterocycles. The molecule has 0 aliphatic carbocycles. The van der Waals surface area contributed by atoms with E-state index in [0.717, 1.165) is 0 Å². The Labute approximate surface area is 109 Å². The standard InChI is InChI=1S/C12H14N2O5/c1-7-11(12(16)14-17-6-10(13)15)19-9-5-3-2-4-8(9)18-7/h2-5,7,11H,6H2,1H3,(H2,13,15)(H,14,16). The Hall–Kier alpha value is -2.28. The summed E-state index contributed by atoms with van der Waals surface area (Å²) in [4.78, 5) is 26.9. The number of hydroxylamine groups is 1. The number of nitrogens with one attached hydrogen (secondary N) is 1. The summed E-state index contributed by atoms with van der Waals surface area (Å²) in [6.45, 7) is 1.30. The molecule has 2 rings (SSSR count). The number of carbonyl (C=O) groups excluding carboxylic acids is 2. The lowest BCUT2D eigenvalue weighted by Gasteiger charge is -2.30. The van der Waals surface area contributed by atoms with Gasteiger partial charge >= 0.3 is 0 Å². The van der Waals surface area contributed by atoms with Crippen molar-refractivity contribution in [2.75, 3.05) is 6.61 Å². The first-order valence-corrected chi connectivity index (χ1v) is 5.70. The molecule has 1 aromatic carbocycles. The molecule has 1 aliphatic heterocycles. The summed E-state index contributed by atoms with van der Waals surface area (Å²) in [6, 6.07) is 7.04. The minimum absolute atomic E-state index is 0.399. The third-order valence-corrected chi connectivity index (χ3v) is 2.49. The number of hydrogen-bond acceptors (Lipinski definition) is 5. The number of amides is 2. The van der Waals surface area contributed by atoms with Gasteiger partial charge in [0, 0.05) is 0 Å². The van der Waals surface area contributed by atoms with E-state index in [0.29, 0.717) is 11.5 Å². The lowest BCUT2D eigenvalue weighted by Crippen LogP contribution is -2.49. The molecular weight excluding hydrogens is 252 g/mol. The van der Waals surface area contributed by atoms with Gasteiger partial charge in [0.15, 0.2) is 18.1 Å². The van der Waals surface area contributed by atoms with Crippen molar-refractivity contribution >= 4 is 11.8 Å². The Morgan fingerprint density at radius 3 is 2.58 bits per heavy atom. The average Bonchev–Trinajstić information content (AvgIpc) is 2.37. The first-order valence-electron chi connectivity index (χ1n) is 5.70. The molecule has 7 heteroatoms. The van der Waals surface area contributed by atoms with Crippen LogP contribution in [0.4, 0.5) is 0 Å². The molecule has 102 valence electrons. The van der Waals surface area contributed by atoms with E-state index < -0.39 is 30.6 Å². The van der Waals surface area contributed by atoms with Crippen molar-refractivity contribution in [3.05, 3.63) is 24.3 Å². The van der Waals surface area contributed by atoms with Crippen LogP contribution in [0, 0.1) is 0 Å². The third-order valence-electron chi connectivity index (χ3n) is 2.49. The molecule has 0 fully saturated rings. The highest BCUT2D eigenvalue weighted by Crippen LogP contribution is 2.33. The quantitative estimate of drug-likeness (QED) is 0.732. The second-order valence-electron chi connectivity index (χ2n) is 4.03. The van der Waals surface area contributed by atoms with E-state index in [1.807, 2.05) is 6.07 Å². The van der Waals surface area contributed by atoms with Crippen molar-refractivity contribution in [1.82, 2.24) is 5.48 Å². The zero-order valence-corrected chi connectivity index (χ0v) is 10.3. The smallest absolute Gasteiger partial charge is 0.288 e. The number of nitrogens with two attached hydrogens (primary N) is 1. The van der Waals surface area contributed by atoms with Crippen LogP contribution in [0.2, 0.25) is 0 Å². The summed E-state index contributed by atoms with van der Waals surface area (Å²) >= 11 is 0. The van der Waals surface area contributed by atoms with E-state index >= 15 is 0 Å². The third kappa shape index (κ3) is 3.14. The summed E-state index contributed by atoms with van der Waals surface area (Å²) < 4.78 is 11.1. The minimum atomic E-state index is -0.859. The van der Waals surface area contributed by atoms with Gasteiger partial charge in [-0.15, -0.1) is 0 Å². The number of primary amides is 1. The van der Waals surface area contributed by atoms with Gasteiger partial charge in [-0.25, -0.2) is 5.48 Å². The second-order valence-corrected chi connectivity index (χ2v) is 4.03. The van der Waals surface area contributed by atoms with Gasteiger partial charge in [0.2, 0.25) is 12.0 Å². The molecule has 1 aromatic rings. The van der Waals surface area contributed by atoms with Crippen LogP contribution >= 0.6 is 0 Å². The van der Waals surface area contributed by atoms with Crippen LogP contribution in [0.15, 0.2) is 24.3 Å². The molecule has 1 heterocycles. The zero-order valence-electron chi connectivity index (χ0n) is 10.3. The van der Waals surface area contributed by atoms with Gasteiger partial charge in [0.05, 0.1) is 0 Å². The van der Waals surface area contributed by atoms with Crippen LogP contribution < -0.4 is 20.7 Å². The van der Waals surface area contributed by atoms with Gasteiger partial charge in [-0.1, -0.05) is 12.1 Å². The first-order chi connectivity index (χ1) is 9.08. The van der Waals surface area contributed by atoms with Crippen LogP contribution in [-0.4, -0.2) is 30.6 Å². The van der Waals surface area contributed by atoms with E-state index in [9.17, 15) is 9.59 Å². The van der Waals surface area contributed by atoms with E-state index in [4.69, 9.17) is 15.2 Å². The van der Waals surface area contributed by atoms with E-state index in [1.54, 1.807) is 25.1 Å². The Bertz CT molecular complexity index is 491. The fourth-order valence-electron chi connectivity index (χ4n) is 1.64. The molecule has 2 atom stereocenters. The molecule has 0 spiro atoms. The average molecular weight is 266 g/mol. The Morgan fingerprint density at radius 1 is 1.32 bits per heavy atom. The molecular formula is C12H14N2O5.